The number of thiophene rings is 1. The molecule has 0 aliphatic rings. The standard InChI is InChI=1S/C17H15N5OS2/c1-11(16-21-20-14-6-2-3-7-22(14)16)18-15(23)9-12-10-25-17(19-12)13-5-4-8-24-13/h2-8,10-11H,9H2,1H3,(H,18,23). The average Bonchev–Trinajstić information content (AvgIpc) is 3.34. The molecule has 0 radical (unpaired) electrons. The third-order valence-electron chi connectivity index (χ3n) is 3.73. The molecule has 1 amide bonds. The van der Waals surface area contributed by atoms with E-state index in [2.05, 4.69) is 20.5 Å². The summed E-state index contributed by atoms with van der Waals surface area (Å²) < 4.78 is 1.88. The van der Waals surface area contributed by atoms with Gasteiger partial charge in [-0.2, -0.15) is 0 Å². The van der Waals surface area contributed by atoms with Crippen LogP contribution in [-0.4, -0.2) is 25.5 Å². The minimum atomic E-state index is -0.236. The highest BCUT2D eigenvalue weighted by atomic mass is 32.1. The molecule has 4 aromatic rings. The van der Waals surface area contributed by atoms with Crippen molar-refractivity contribution in [3.63, 3.8) is 0 Å². The molecule has 0 spiro atoms. The van der Waals surface area contributed by atoms with Crippen LogP contribution < -0.4 is 5.32 Å². The van der Waals surface area contributed by atoms with Crippen LogP contribution in [0.2, 0.25) is 0 Å². The molecule has 0 aliphatic heterocycles. The number of rotatable bonds is 5. The number of aromatic nitrogens is 4. The summed E-state index contributed by atoms with van der Waals surface area (Å²) in [6, 6.07) is 9.50. The Kier molecular flexibility index (Phi) is 4.29. The molecule has 25 heavy (non-hydrogen) atoms. The van der Waals surface area contributed by atoms with E-state index in [9.17, 15) is 4.79 Å². The summed E-state index contributed by atoms with van der Waals surface area (Å²) in [4.78, 5) is 18.0. The summed E-state index contributed by atoms with van der Waals surface area (Å²) in [5.41, 5.74) is 1.54. The summed E-state index contributed by atoms with van der Waals surface area (Å²) in [5, 5.41) is 16.2. The Bertz CT molecular complexity index is 1010. The zero-order valence-electron chi connectivity index (χ0n) is 13.4. The highest BCUT2D eigenvalue weighted by Gasteiger charge is 2.17. The van der Waals surface area contributed by atoms with Gasteiger partial charge >= 0.3 is 0 Å². The lowest BCUT2D eigenvalue weighted by atomic mass is 10.2. The van der Waals surface area contributed by atoms with Gasteiger partial charge in [-0.05, 0) is 30.5 Å². The van der Waals surface area contributed by atoms with Crippen molar-refractivity contribution in [1.82, 2.24) is 24.9 Å². The number of fused-ring (bicyclic) bond motifs is 1. The highest BCUT2D eigenvalue weighted by Crippen LogP contribution is 2.27. The lowest BCUT2D eigenvalue weighted by Gasteiger charge is -2.11. The molecular formula is C17H15N5OS2. The Morgan fingerprint density at radius 1 is 1.24 bits per heavy atom. The van der Waals surface area contributed by atoms with E-state index >= 15 is 0 Å². The molecule has 4 rings (SSSR count). The summed E-state index contributed by atoms with van der Waals surface area (Å²) >= 11 is 3.21. The molecule has 4 aromatic heterocycles. The number of amides is 1. The molecule has 0 fully saturated rings. The van der Waals surface area contributed by atoms with Gasteiger partial charge < -0.3 is 5.32 Å². The maximum absolute atomic E-state index is 12.3. The van der Waals surface area contributed by atoms with E-state index in [1.54, 1.807) is 22.7 Å². The molecule has 0 aliphatic carbocycles. The maximum atomic E-state index is 12.3. The van der Waals surface area contributed by atoms with Crippen molar-refractivity contribution in [2.24, 2.45) is 0 Å². The number of nitrogens with one attached hydrogen (secondary N) is 1. The Labute approximate surface area is 152 Å². The van der Waals surface area contributed by atoms with Crippen LogP contribution in [0.3, 0.4) is 0 Å². The second-order valence-electron chi connectivity index (χ2n) is 5.57. The van der Waals surface area contributed by atoms with Crippen LogP contribution in [-0.2, 0) is 11.2 Å². The summed E-state index contributed by atoms with van der Waals surface area (Å²) in [5.74, 6) is 0.629. The topological polar surface area (TPSA) is 72.2 Å². The van der Waals surface area contributed by atoms with Crippen LogP contribution in [0.1, 0.15) is 24.5 Å². The molecule has 0 saturated carbocycles. The number of hydrogen-bond donors (Lipinski definition) is 1. The third-order valence-corrected chi connectivity index (χ3v) is 5.66. The Hall–Kier alpha value is -2.58. The van der Waals surface area contributed by atoms with Gasteiger partial charge in [-0.1, -0.05) is 12.1 Å². The predicted octanol–water partition coefficient (Wildman–Crippen LogP) is 3.33. The molecule has 4 heterocycles. The fraction of sp³-hybridized carbons (Fsp3) is 0.176. The predicted molar refractivity (Wildman–Crippen MR) is 98.7 cm³/mol. The van der Waals surface area contributed by atoms with E-state index in [0.29, 0.717) is 5.82 Å². The monoisotopic (exact) mass is 369 g/mol. The minimum absolute atomic E-state index is 0.0804. The van der Waals surface area contributed by atoms with E-state index < -0.39 is 0 Å². The largest absolute Gasteiger partial charge is 0.346 e. The molecule has 126 valence electrons. The number of pyridine rings is 1. The van der Waals surface area contributed by atoms with Gasteiger partial charge in [-0.15, -0.1) is 32.9 Å². The van der Waals surface area contributed by atoms with E-state index in [0.717, 1.165) is 21.2 Å². The molecule has 1 N–H and O–H groups in total. The van der Waals surface area contributed by atoms with Crippen molar-refractivity contribution >= 4 is 34.2 Å². The van der Waals surface area contributed by atoms with Crippen molar-refractivity contribution in [2.75, 3.05) is 0 Å². The molecule has 8 heteroatoms. The van der Waals surface area contributed by atoms with Crippen molar-refractivity contribution in [1.29, 1.82) is 0 Å². The number of hydrogen-bond acceptors (Lipinski definition) is 6. The Morgan fingerprint density at radius 2 is 2.16 bits per heavy atom. The molecule has 6 nitrogen and oxygen atoms in total. The van der Waals surface area contributed by atoms with Crippen molar-refractivity contribution in [3.8, 4) is 9.88 Å². The molecule has 1 atom stereocenters. The van der Waals surface area contributed by atoms with Gasteiger partial charge in [-0.3, -0.25) is 9.20 Å². The number of carbonyl (C=O) groups excluding carboxylic acids is 1. The molecule has 0 aromatic carbocycles. The number of nitrogens with zero attached hydrogens (tertiary/aromatic N) is 4. The van der Waals surface area contributed by atoms with Crippen LogP contribution >= 0.6 is 22.7 Å². The van der Waals surface area contributed by atoms with Gasteiger partial charge in [0.15, 0.2) is 11.5 Å². The molecule has 0 bridgehead atoms. The van der Waals surface area contributed by atoms with Crippen molar-refractivity contribution in [2.45, 2.75) is 19.4 Å². The summed E-state index contributed by atoms with van der Waals surface area (Å²) in [7, 11) is 0. The normalized spacial score (nSPS) is 12.4. The molecular weight excluding hydrogens is 354 g/mol. The van der Waals surface area contributed by atoms with E-state index in [1.807, 2.05) is 58.6 Å². The first-order valence-electron chi connectivity index (χ1n) is 7.78. The fourth-order valence-electron chi connectivity index (χ4n) is 2.58. The van der Waals surface area contributed by atoms with Crippen LogP contribution in [0, 0.1) is 0 Å². The summed E-state index contributed by atoms with van der Waals surface area (Å²) in [6.45, 7) is 1.90. The van der Waals surface area contributed by atoms with Crippen LogP contribution in [0.15, 0.2) is 47.3 Å². The van der Waals surface area contributed by atoms with E-state index in [-0.39, 0.29) is 18.4 Å². The average molecular weight is 369 g/mol. The molecule has 1 unspecified atom stereocenters. The van der Waals surface area contributed by atoms with Gasteiger partial charge in [-0.25, -0.2) is 4.98 Å². The quantitative estimate of drug-likeness (QED) is 0.586. The Balaban J connectivity index is 1.43. The maximum Gasteiger partial charge on any atom is 0.226 e. The smallest absolute Gasteiger partial charge is 0.226 e. The first-order valence-corrected chi connectivity index (χ1v) is 9.54. The minimum Gasteiger partial charge on any atom is -0.346 e. The fourth-order valence-corrected chi connectivity index (χ4v) is 4.21. The second kappa shape index (κ2) is 6.73. The first kappa shape index (κ1) is 15.9. The zero-order chi connectivity index (χ0) is 17.2. The first-order chi connectivity index (χ1) is 12.2. The number of carbonyl (C=O) groups is 1. The zero-order valence-corrected chi connectivity index (χ0v) is 15.0. The van der Waals surface area contributed by atoms with Crippen molar-refractivity contribution < 1.29 is 4.79 Å². The molecule has 0 saturated heterocycles. The Morgan fingerprint density at radius 3 is 3.00 bits per heavy atom. The van der Waals surface area contributed by atoms with Crippen LogP contribution in [0.4, 0.5) is 0 Å². The number of thiazole rings is 1. The lowest BCUT2D eigenvalue weighted by molar-refractivity contribution is -0.121. The van der Waals surface area contributed by atoms with Crippen molar-refractivity contribution in [3.05, 3.63) is 58.8 Å². The van der Waals surface area contributed by atoms with Gasteiger partial charge in [0.2, 0.25) is 5.91 Å². The van der Waals surface area contributed by atoms with Gasteiger partial charge in [0.25, 0.3) is 0 Å². The highest BCUT2D eigenvalue weighted by molar-refractivity contribution is 7.20. The van der Waals surface area contributed by atoms with Gasteiger partial charge in [0.1, 0.15) is 5.01 Å². The second-order valence-corrected chi connectivity index (χ2v) is 7.38. The van der Waals surface area contributed by atoms with E-state index in [1.165, 1.54) is 0 Å². The third kappa shape index (κ3) is 3.31. The van der Waals surface area contributed by atoms with Gasteiger partial charge in [0, 0.05) is 11.6 Å². The van der Waals surface area contributed by atoms with E-state index in [4.69, 9.17) is 0 Å². The van der Waals surface area contributed by atoms with Crippen LogP contribution in [0.5, 0.6) is 0 Å². The summed E-state index contributed by atoms with van der Waals surface area (Å²) in [6.07, 6.45) is 2.14. The SMILES string of the molecule is CC(NC(=O)Cc1csc(-c2cccs2)n1)c1nnc2ccccn12. The van der Waals surface area contributed by atoms with Gasteiger partial charge in [0.05, 0.1) is 23.0 Å². The lowest BCUT2D eigenvalue weighted by Crippen LogP contribution is -2.29. The van der Waals surface area contributed by atoms with Crippen LogP contribution in [0.25, 0.3) is 15.5 Å².